The van der Waals surface area contributed by atoms with E-state index in [1.54, 1.807) is 0 Å². The van der Waals surface area contributed by atoms with Crippen molar-refractivity contribution in [1.29, 1.82) is 5.26 Å². The van der Waals surface area contributed by atoms with E-state index in [1.807, 2.05) is 6.07 Å². The molecule has 4 N–H and O–H groups in total. The molecule has 38 heavy (non-hydrogen) atoms. The third kappa shape index (κ3) is 5.38. The number of nitrogens with one attached hydrogen (secondary N) is 2. The van der Waals surface area contributed by atoms with E-state index in [2.05, 4.69) is 41.3 Å². The molecule has 4 aliphatic rings. The van der Waals surface area contributed by atoms with Crippen LogP contribution in [0.2, 0.25) is 0 Å². The van der Waals surface area contributed by atoms with Gasteiger partial charge in [-0.2, -0.15) is 5.26 Å². The zero-order chi connectivity index (χ0) is 27.0. The van der Waals surface area contributed by atoms with Crippen molar-refractivity contribution in [1.82, 2.24) is 15.3 Å². The molecule has 0 aromatic carbocycles. The minimum atomic E-state index is -0.540. The first-order chi connectivity index (χ1) is 18.2. The Morgan fingerprint density at radius 1 is 1.21 bits per heavy atom. The number of nitriles is 1. The van der Waals surface area contributed by atoms with E-state index in [9.17, 15) is 15.0 Å². The van der Waals surface area contributed by atoms with E-state index < -0.39 is 5.60 Å². The van der Waals surface area contributed by atoms with E-state index >= 15 is 0 Å². The number of carbonyl (C=O) groups excluding carboxylic acids is 1. The number of ether oxygens (including phenoxy) is 1. The van der Waals surface area contributed by atoms with Gasteiger partial charge in [0.2, 0.25) is 0 Å². The molecule has 3 heterocycles. The van der Waals surface area contributed by atoms with Crippen molar-refractivity contribution in [2.75, 3.05) is 13.2 Å². The van der Waals surface area contributed by atoms with Gasteiger partial charge in [0.25, 0.3) is 5.91 Å². The highest BCUT2D eigenvalue weighted by Crippen LogP contribution is 2.52. The maximum atomic E-state index is 13.0. The Labute approximate surface area is 224 Å². The number of amides is 1. The maximum Gasteiger partial charge on any atom is 0.291 e. The van der Waals surface area contributed by atoms with Crippen LogP contribution in [0.1, 0.15) is 101 Å². The minimum Gasteiger partial charge on any atom is -0.396 e. The average Bonchev–Trinajstić information content (AvgIpc) is 3.38. The van der Waals surface area contributed by atoms with Crippen molar-refractivity contribution in [2.24, 2.45) is 11.3 Å². The highest BCUT2D eigenvalue weighted by molar-refractivity contribution is 5.92. The van der Waals surface area contributed by atoms with E-state index in [0.29, 0.717) is 12.8 Å². The smallest absolute Gasteiger partial charge is 0.291 e. The van der Waals surface area contributed by atoms with Gasteiger partial charge in [0.05, 0.1) is 17.8 Å². The first-order valence-electron chi connectivity index (χ1n) is 14.0. The summed E-state index contributed by atoms with van der Waals surface area (Å²) in [5.41, 5.74) is 4.13. The lowest BCUT2D eigenvalue weighted by molar-refractivity contribution is -0.247. The summed E-state index contributed by atoms with van der Waals surface area (Å²) < 4.78 is 6.56. The number of aliphatic hydroxyl groups excluding tert-OH is 2. The zero-order valence-electron chi connectivity index (χ0n) is 22.6. The number of aromatic nitrogens is 2. The molecule has 8 nitrogen and oxygen atoms in total. The number of hydrogen-bond acceptors (Lipinski definition) is 6. The quantitative estimate of drug-likeness (QED) is 0.416. The molecule has 0 radical (unpaired) electrons. The number of nitrogens with zero attached hydrogens (tertiary/aromatic N) is 2. The Balaban J connectivity index is 1.48. The first-order valence-corrected chi connectivity index (χ1v) is 14.0. The van der Waals surface area contributed by atoms with E-state index in [0.717, 1.165) is 69.1 Å². The van der Waals surface area contributed by atoms with Gasteiger partial charge in [-0.15, -0.1) is 0 Å². The van der Waals surface area contributed by atoms with Crippen molar-refractivity contribution >= 4 is 5.91 Å². The van der Waals surface area contributed by atoms with Gasteiger partial charge in [0.15, 0.2) is 11.5 Å². The summed E-state index contributed by atoms with van der Waals surface area (Å²) in [6, 6.07) is 1.96. The molecule has 3 atom stereocenters. The van der Waals surface area contributed by atoms with Gasteiger partial charge in [-0.1, -0.05) is 31.6 Å². The molecule has 0 saturated carbocycles. The molecule has 5 rings (SSSR count). The fourth-order valence-electron chi connectivity index (χ4n) is 6.97. The third-order valence-corrected chi connectivity index (χ3v) is 9.12. The highest BCUT2D eigenvalue weighted by Gasteiger charge is 2.52. The SMILES string of the molecule is CC1(C)CC=C(C2=C(NC(=O)c3nc(C#N)c[nH]3)CCC(C3C[C@]4(CCO)CCC[C@](CO)(C3)O4)=C2)CC1. The van der Waals surface area contributed by atoms with Gasteiger partial charge in [-0.05, 0) is 93.1 Å². The van der Waals surface area contributed by atoms with Crippen LogP contribution in [-0.4, -0.2) is 50.5 Å². The van der Waals surface area contributed by atoms with Gasteiger partial charge in [0, 0.05) is 18.5 Å². The molecule has 204 valence electrons. The Morgan fingerprint density at radius 3 is 2.68 bits per heavy atom. The van der Waals surface area contributed by atoms with Crippen LogP contribution in [0.15, 0.2) is 40.8 Å². The van der Waals surface area contributed by atoms with E-state index in [-0.39, 0.29) is 47.6 Å². The Morgan fingerprint density at radius 2 is 2.00 bits per heavy atom. The molecule has 2 fully saturated rings. The van der Waals surface area contributed by atoms with Crippen molar-refractivity contribution in [2.45, 2.75) is 95.7 Å². The average molecular weight is 521 g/mol. The van der Waals surface area contributed by atoms with Crippen molar-refractivity contribution < 1.29 is 19.7 Å². The predicted octanol–water partition coefficient (Wildman–Crippen LogP) is 4.58. The number of carbonyl (C=O) groups is 1. The molecule has 2 bridgehead atoms. The number of imidazole rings is 1. The molecule has 0 spiro atoms. The number of aromatic amines is 1. The number of allylic oxidation sites excluding steroid dienone is 6. The van der Waals surface area contributed by atoms with Crippen LogP contribution in [0.25, 0.3) is 0 Å². The van der Waals surface area contributed by atoms with Crippen molar-refractivity contribution in [3.8, 4) is 6.07 Å². The second kappa shape index (κ2) is 10.4. The molecule has 2 saturated heterocycles. The van der Waals surface area contributed by atoms with Crippen LogP contribution < -0.4 is 5.32 Å². The maximum absolute atomic E-state index is 13.0. The molecule has 1 unspecified atom stereocenters. The molecule has 2 aliphatic carbocycles. The predicted molar refractivity (Wildman–Crippen MR) is 143 cm³/mol. The van der Waals surface area contributed by atoms with Crippen LogP contribution in [0.4, 0.5) is 0 Å². The lowest BCUT2D eigenvalue weighted by atomic mass is 9.66. The third-order valence-electron chi connectivity index (χ3n) is 9.12. The summed E-state index contributed by atoms with van der Waals surface area (Å²) in [6.07, 6.45) is 15.6. The van der Waals surface area contributed by atoms with Crippen LogP contribution in [-0.2, 0) is 4.74 Å². The normalized spacial score (nSPS) is 30.8. The van der Waals surface area contributed by atoms with Gasteiger partial charge < -0.3 is 25.3 Å². The van der Waals surface area contributed by atoms with E-state index in [1.165, 1.54) is 17.3 Å². The monoisotopic (exact) mass is 520 g/mol. The van der Waals surface area contributed by atoms with E-state index in [4.69, 9.17) is 10.00 Å². The Kier molecular flexibility index (Phi) is 7.38. The van der Waals surface area contributed by atoms with Crippen molar-refractivity contribution in [3.05, 3.63) is 52.3 Å². The van der Waals surface area contributed by atoms with Crippen LogP contribution in [0.3, 0.4) is 0 Å². The topological polar surface area (TPSA) is 131 Å². The standard InChI is InChI=1S/C30H40N4O4/c1-28(2)10-6-20(7-11-28)24-14-21(4-5-25(24)34-27(37)26-32-18-23(17-31)33-26)22-15-29(12-13-35)8-3-9-30(16-22,19-36)38-29/h6,14,18,22,35-36H,3-5,7-13,15-16,19H2,1-2H3,(H,32,33)(H,34,37)/t22?,29-,30-/m1/s1. The first kappa shape index (κ1) is 26.9. The summed E-state index contributed by atoms with van der Waals surface area (Å²) in [5.74, 6) is 0.0586. The van der Waals surface area contributed by atoms with Gasteiger partial charge >= 0.3 is 0 Å². The van der Waals surface area contributed by atoms with Crippen molar-refractivity contribution in [3.63, 3.8) is 0 Å². The summed E-state index contributed by atoms with van der Waals surface area (Å²) >= 11 is 0. The number of fused-ring (bicyclic) bond motifs is 2. The molecule has 1 aromatic heterocycles. The molecule has 1 aromatic rings. The fourth-order valence-corrected chi connectivity index (χ4v) is 6.97. The minimum absolute atomic E-state index is 0.00201. The van der Waals surface area contributed by atoms with Gasteiger partial charge in [-0.25, -0.2) is 4.98 Å². The Bertz CT molecular complexity index is 1210. The second-order valence-corrected chi connectivity index (χ2v) is 12.5. The Hall–Kier alpha value is -2.73. The van der Waals surface area contributed by atoms with Crippen LogP contribution in [0, 0.1) is 22.7 Å². The number of rotatable bonds is 7. The lowest BCUT2D eigenvalue weighted by Gasteiger charge is -2.55. The summed E-state index contributed by atoms with van der Waals surface area (Å²) in [5, 5.41) is 32.4. The summed E-state index contributed by atoms with van der Waals surface area (Å²) in [4.78, 5) is 19.9. The molecule has 8 heteroatoms. The summed E-state index contributed by atoms with van der Waals surface area (Å²) in [6.45, 7) is 4.66. The highest BCUT2D eigenvalue weighted by atomic mass is 16.5. The van der Waals surface area contributed by atoms with Gasteiger partial charge in [-0.3, -0.25) is 4.79 Å². The number of hydrogen-bond donors (Lipinski definition) is 4. The second-order valence-electron chi connectivity index (χ2n) is 12.5. The van der Waals surface area contributed by atoms with Crippen LogP contribution >= 0.6 is 0 Å². The molecular formula is C30H40N4O4. The lowest BCUT2D eigenvalue weighted by Crippen LogP contribution is -2.57. The molecular weight excluding hydrogens is 480 g/mol. The fraction of sp³-hybridized carbons (Fsp3) is 0.633. The van der Waals surface area contributed by atoms with Crippen LogP contribution in [0.5, 0.6) is 0 Å². The largest absolute Gasteiger partial charge is 0.396 e. The van der Waals surface area contributed by atoms with Gasteiger partial charge in [0.1, 0.15) is 6.07 Å². The molecule has 1 amide bonds. The number of aliphatic hydroxyl groups is 2. The molecule has 2 aliphatic heterocycles. The summed E-state index contributed by atoms with van der Waals surface area (Å²) in [7, 11) is 0. The number of H-pyrrole nitrogens is 1. The zero-order valence-corrected chi connectivity index (χ0v) is 22.6.